The van der Waals surface area contributed by atoms with Crippen LogP contribution in [0.5, 0.6) is 0 Å². The summed E-state index contributed by atoms with van der Waals surface area (Å²) in [6.45, 7) is 3.55. The fourth-order valence-electron chi connectivity index (χ4n) is 2.37. The van der Waals surface area contributed by atoms with Crippen LogP contribution in [0.3, 0.4) is 0 Å². The molecule has 0 fully saturated rings. The van der Waals surface area contributed by atoms with Gasteiger partial charge in [0.05, 0.1) is 21.8 Å². The third kappa shape index (κ3) is 5.61. The van der Waals surface area contributed by atoms with Crippen molar-refractivity contribution in [1.82, 2.24) is 10.7 Å². The van der Waals surface area contributed by atoms with E-state index < -0.39 is 23.8 Å². The first kappa shape index (κ1) is 21.5. The molecule has 0 unspecified atom stereocenters. The highest BCUT2D eigenvalue weighted by molar-refractivity contribution is 6.36. The van der Waals surface area contributed by atoms with Crippen molar-refractivity contribution in [2.45, 2.75) is 19.9 Å². The zero-order valence-corrected chi connectivity index (χ0v) is 16.6. The fraction of sp³-hybridized carbons (Fsp3) is 0.211. The Morgan fingerprint density at radius 2 is 1.75 bits per heavy atom. The van der Waals surface area contributed by atoms with Crippen LogP contribution in [-0.4, -0.2) is 28.9 Å². The van der Waals surface area contributed by atoms with Crippen molar-refractivity contribution in [3.8, 4) is 0 Å². The number of benzene rings is 2. The van der Waals surface area contributed by atoms with E-state index in [2.05, 4.69) is 16.2 Å². The second kappa shape index (κ2) is 9.43. The first-order valence-corrected chi connectivity index (χ1v) is 9.09. The number of anilines is 1. The number of amides is 2. The van der Waals surface area contributed by atoms with Crippen LogP contribution in [0.2, 0.25) is 10.0 Å². The largest absolute Gasteiger partial charge is 0.478 e. The maximum Gasteiger partial charge on any atom is 0.335 e. The van der Waals surface area contributed by atoms with Gasteiger partial charge in [0, 0.05) is 5.02 Å². The lowest BCUT2D eigenvalue weighted by Crippen LogP contribution is -2.51. The highest BCUT2D eigenvalue weighted by atomic mass is 35.5. The third-order valence-electron chi connectivity index (χ3n) is 3.85. The van der Waals surface area contributed by atoms with Crippen molar-refractivity contribution >= 4 is 46.7 Å². The van der Waals surface area contributed by atoms with E-state index in [0.29, 0.717) is 10.7 Å². The predicted molar refractivity (Wildman–Crippen MR) is 108 cm³/mol. The van der Waals surface area contributed by atoms with Gasteiger partial charge >= 0.3 is 5.97 Å². The summed E-state index contributed by atoms with van der Waals surface area (Å²) in [5.41, 5.74) is 5.79. The van der Waals surface area contributed by atoms with E-state index in [9.17, 15) is 14.4 Å². The molecule has 0 aliphatic rings. The average Bonchev–Trinajstić information content (AvgIpc) is 2.63. The van der Waals surface area contributed by atoms with Crippen LogP contribution in [0.4, 0.5) is 5.69 Å². The minimum Gasteiger partial charge on any atom is -0.478 e. The van der Waals surface area contributed by atoms with E-state index >= 15 is 0 Å². The molecule has 2 aromatic carbocycles. The Balaban J connectivity index is 2.06. The molecular weight excluding hydrogens is 405 g/mol. The van der Waals surface area contributed by atoms with Crippen LogP contribution in [0, 0.1) is 5.92 Å². The van der Waals surface area contributed by atoms with Gasteiger partial charge in [-0.2, -0.15) is 0 Å². The summed E-state index contributed by atoms with van der Waals surface area (Å²) in [4.78, 5) is 36.0. The predicted octanol–water partition coefficient (Wildman–Crippen LogP) is 3.59. The third-order valence-corrected chi connectivity index (χ3v) is 4.40. The van der Waals surface area contributed by atoms with E-state index in [0.717, 1.165) is 0 Å². The summed E-state index contributed by atoms with van der Waals surface area (Å²) in [7, 11) is 0. The van der Waals surface area contributed by atoms with E-state index in [1.807, 2.05) is 0 Å². The smallest absolute Gasteiger partial charge is 0.335 e. The van der Waals surface area contributed by atoms with Crippen molar-refractivity contribution < 1.29 is 19.5 Å². The topological polar surface area (TPSA) is 108 Å². The number of carbonyl (C=O) groups excluding carboxylic acids is 2. The number of halogens is 2. The molecule has 0 aliphatic carbocycles. The molecule has 2 amide bonds. The zero-order chi connectivity index (χ0) is 20.8. The number of aromatic carboxylic acids is 1. The molecule has 28 heavy (non-hydrogen) atoms. The van der Waals surface area contributed by atoms with Gasteiger partial charge in [-0.25, -0.2) is 4.79 Å². The Kier molecular flexibility index (Phi) is 7.25. The summed E-state index contributed by atoms with van der Waals surface area (Å²) in [5, 5.41) is 12.2. The van der Waals surface area contributed by atoms with Crippen LogP contribution in [0.1, 0.15) is 34.6 Å². The van der Waals surface area contributed by atoms with E-state index in [4.69, 9.17) is 28.3 Å². The average molecular weight is 424 g/mol. The van der Waals surface area contributed by atoms with E-state index in [1.165, 1.54) is 30.3 Å². The molecule has 2 rings (SSSR count). The minimum atomic E-state index is -1.08. The Bertz CT molecular complexity index is 902. The quantitative estimate of drug-likeness (QED) is 0.509. The van der Waals surface area contributed by atoms with Crippen LogP contribution < -0.4 is 16.2 Å². The SMILES string of the molecule is CC(C)[C@H](NC(=O)c1ccc(Cl)cc1Cl)C(=O)NNc1cccc(C(=O)O)c1. The van der Waals surface area contributed by atoms with Gasteiger partial charge in [0.2, 0.25) is 0 Å². The Hall–Kier alpha value is -2.77. The van der Waals surface area contributed by atoms with Gasteiger partial charge in [-0.3, -0.25) is 20.4 Å². The second-order valence-corrected chi connectivity index (χ2v) is 7.16. The fourth-order valence-corrected chi connectivity index (χ4v) is 2.86. The molecule has 148 valence electrons. The number of nitrogens with one attached hydrogen (secondary N) is 3. The summed E-state index contributed by atoms with van der Waals surface area (Å²) < 4.78 is 0. The van der Waals surface area contributed by atoms with Gasteiger partial charge in [-0.05, 0) is 42.3 Å². The molecular formula is C19H19Cl2N3O4. The molecule has 7 nitrogen and oxygen atoms in total. The van der Waals surface area contributed by atoms with E-state index in [1.54, 1.807) is 26.0 Å². The summed E-state index contributed by atoms with van der Waals surface area (Å²) in [6, 6.07) is 9.55. The van der Waals surface area contributed by atoms with Gasteiger partial charge in [-0.1, -0.05) is 43.1 Å². The van der Waals surface area contributed by atoms with E-state index in [-0.39, 0.29) is 22.1 Å². The number of hydrogen-bond acceptors (Lipinski definition) is 4. The maximum absolute atomic E-state index is 12.5. The normalized spacial score (nSPS) is 11.6. The number of hydrogen-bond donors (Lipinski definition) is 4. The minimum absolute atomic E-state index is 0.0744. The van der Waals surface area contributed by atoms with Crippen LogP contribution in [0.15, 0.2) is 42.5 Å². The first-order chi connectivity index (χ1) is 13.2. The van der Waals surface area contributed by atoms with Crippen LogP contribution in [0.25, 0.3) is 0 Å². The van der Waals surface area contributed by atoms with Gasteiger partial charge in [0.15, 0.2) is 0 Å². The number of carboxylic acid groups (broad SMARTS) is 1. The molecule has 0 saturated carbocycles. The van der Waals surface area contributed by atoms with Crippen LogP contribution >= 0.6 is 23.2 Å². The lowest BCUT2D eigenvalue weighted by atomic mass is 10.0. The van der Waals surface area contributed by atoms with Gasteiger partial charge in [0.25, 0.3) is 11.8 Å². The van der Waals surface area contributed by atoms with Gasteiger partial charge in [-0.15, -0.1) is 0 Å². The molecule has 0 aliphatic heterocycles. The van der Waals surface area contributed by atoms with Gasteiger partial charge in [0.1, 0.15) is 6.04 Å². The summed E-state index contributed by atoms with van der Waals surface area (Å²) in [6.07, 6.45) is 0. The maximum atomic E-state index is 12.5. The molecule has 0 heterocycles. The molecule has 0 saturated heterocycles. The molecule has 2 aromatic rings. The highest BCUT2D eigenvalue weighted by Crippen LogP contribution is 2.21. The highest BCUT2D eigenvalue weighted by Gasteiger charge is 2.25. The molecule has 1 atom stereocenters. The first-order valence-electron chi connectivity index (χ1n) is 8.34. The Morgan fingerprint density at radius 3 is 2.36 bits per heavy atom. The number of carboxylic acids is 1. The summed E-state index contributed by atoms with van der Waals surface area (Å²) in [5.74, 6) is -2.30. The number of rotatable bonds is 7. The molecule has 9 heteroatoms. The molecule has 0 bridgehead atoms. The Labute approximate surface area is 172 Å². The zero-order valence-electron chi connectivity index (χ0n) is 15.1. The monoisotopic (exact) mass is 423 g/mol. The van der Waals surface area contributed by atoms with Crippen LogP contribution in [-0.2, 0) is 4.79 Å². The molecule has 0 spiro atoms. The van der Waals surface area contributed by atoms with Gasteiger partial charge < -0.3 is 10.4 Å². The van der Waals surface area contributed by atoms with Crippen molar-refractivity contribution in [1.29, 1.82) is 0 Å². The standard InChI is InChI=1S/C19H19Cl2N3O4/c1-10(2)16(22-17(25)14-7-6-12(20)9-15(14)21)18(26)24-23-13-5-3-4-11(8-13)19(27)28/h3-10,16,23H,1-2H3,(H,22,25)(H,24,26)(H,27,28)/t16-/m0/s1. The van der Waals surface area contributed by atoms with Crippen molar-refractivity contribution in [3.63, 3.8) is 0 Å². The molecule has 4 N–H and O–H groups in total. The summed E-state index contributed by atoms with van der Waals surface area (Å²) >= 11 is 11.9. The second-order valence-electron chi connectivity index (χ2n) is 6.32. The van der Waals surface area contributed by atoms with Crippen molar-refractivity contribution in [2.75, 3.05) is 5.43 Å². The van der Waals surface area contributed by atoms with Crippen molar-refractivity contribution in [2.24, 2.45) is 5.92 Å². The molecule has 0 radical (unpaired) electrons. The molecule has 0 aromatic heterocycles. The van der Waals surface area contributed by atoms with Crippen molar-refractivity contribution in [3.05, 3.63) is 63.6 Å². The lowest BCUT2D eigenvalue weighted by Gasteiger charge is -2.22. The number of hydrazine groups is 1. The Morgan fingerprint density at radius 1 is 1.04 bits per heavy atom. The number of carbonyl (C=O) groups is 3. The lowest BCUT2D eigenvalue weighted by molar-refractivity contribution is -0.123.